The van der Waals surface area contributed by atoms with E-state index in [1.54, 1.807) is 24.3 Å². The highest BCUT2D eigenvalue weighted by Crippen LogP contribution is 2.43. The molecule has 8 heteroatoms. The van der Waals surface area contributed by atoms with Crippen LogP contribution in [0.25, 0.3) is 0 Å². The third-order valence-corrected chi connectivity index (χ3v) is 6.87. The van der Waals surface area contributed by atoms with E-state index in [0.29, 0.717) is 25.3 Å². The lowest BCUT2D eigenvalue weighted by molar-refractivity contribution is -0.0691. The van der Waals surface area contributed by atoms with Gasteiger partial charge in [0.25, 0.3) is 5.56 Å². The average Bonchev–Trinajstić information content (AvgIpc) is 3.52. The fraction of sp³-hybridized carbons (Fsp3) is 0.565. The van der Waals surface area contributed by atoms with Crippen LogP contribution in [0.1, 0.15) is 55.7 Å². The number of benzene rings is 1. The zero-order chi connectivity index (χ0) is 21.6. The first kappa shape index (κ1) is 20.6. The molecule has 5 rings (SSSR count). The minimum atomic E-state index is -2.86. The summed E-state index contributed by atoms with van der Waals surface area (Å²) in [6.45, 7) is -2.16. The Kier molecular flexibility index (Phi) is 5.30. The molecule has 3 aliphatic rings. The van der Waals surface area contributed by atoms with Crippen molar-refractivity contribution in [1.29, 1.82) is 0 Å². The number of nitrogens with zero attached hydrogens (tertiary/aromatic N) is 3. The number of rotatable bonds is 7. The van der Waals surface area contributed by atoms with Crippen molar-refractivity contribution in [3.63, 3.8) is 0 Å². The monoisotopic (exact) mass is 431 g/mol. The third-order valence-electron chi connectivity index (χ3n) is 6.87. The molecule has 1 aliphatic carbocycles. The molecule has 2 aliphatic heterocycles. The summed E-state index contributed by atoms with van der Waals surface area (Å²) in [4.78, 5) is 14.6. The molecule has 0 amide bonds. The van der Waals surface area contributed by atoms with E-state index in [9.17, 15) is 18.7 Å². The molecule has 1 unspecified atom stereocenters. The molecule has 166 valence electrons. The Labute approximate surface area is 179 Å². The number of hydrogen-bond acceptors (Lipinski definition) is 5. The predicted molar refractivity (Wildman–Crippen MR) is 110 cm³/mol. The lowest BCUT2D eigenvalue weighted by Crippen LogP contribution is -2.53. The van der Waals surface area contributed by atoms with Crippen molar-refractivity contribution in [2.24, 2.45) is 0 Å². The Morgan fingerprint density at radius 1 is 1.10 bits per heavy atom. The van der Waals surface area contributed by atoms with Crippen molar-refractivity contribution >= 4 is 0 Å². The highest BCUT2D eigenvalue weighted by atomic mass is 19.3. The first-order valence-electron chi connectivity index (χ1n) is 11.0. The van der Waals surface area contributed by atoms with Crippen LogP contribution in [0.15, 0.2) is 41.2 Å². The number of aliphatic hydroxyl groups is 1. The summed E-state index contributed by atoms with van der Waals surface area (Å²) >= 11 is 0. The summed E-state index contributed by atoms with van der Waals surface area (Å²) in [5.74, 6) is 0.639. The second kappa shape index (κ2) is 7.98. The van der Waals surface area contributed by atoms with Crippen molar-refractivity contribution in [3.8, 4) is 5.75 Å². The molecule has 2 aromatic rings. The van der Waals surface area contributed by atoms with Crippen molar-refractivity contribution in [2.45, 2.75) is 81.8 Å². The minimum absolute atomic E-state index is 0.130. The number of halogens is 2. The van der Waals surface area contributed by atoms with E-state index in [-0.39, 0.29) is 29.9 Å². The average molecular weight is 431 g/mol. The molecule has 0 spiro atoms. The second-order valence-corrected chi connectivity index (χ2v) is 9.20. The van der Waals surface area contributed by atoms with Gasteiger partial charge in [-0.1, -0.05) is 18.2 Å². The van der Waals surface area contributed by atoms with Crippen LogP contribution in [0, 0.1) is 0 Å². The molecule has 0 radical (unpaired) electrons. The van der Waals surface area contributed by atoms with E-state index < -0.39 is 12.2 Å². The smallest absolute Gasteiger partial charge is 0.387 e. The molecular formula is C23H27F2N3O3. The van der Waals surface area contributed by atoms with Crippen molar-refractivity contribution in [3.05, 3.63) is 58.0 Å². The van der Waals surface area contributed by atoms with Gasteiger partial charge in [-0.3, -0.25) is 9.69 Å². The molecule has 3 atom stereocenters. The molecule has 3 heterocycles. The molecule has 2 saturated heterocycles. The lowest BCUT2D eigenvalue weighted by atomic mass is 9.85. The minimum Gasteiger partial charge on any atom is -0.434 e. The number of piperidine rings is 1. The summed E-state index contributed by atoms with van der Waals surface area (Å²) in [5, 5.41) is 15.9. The van der Waals surface area contributed by atoms with Gasteiger partial charge in [-0.15, -0.1) is 0 Å². The number of aromatic nitrogens is 2. The molecule has 31 heavy (non-hydrogen) atoms. The summed E-state index contributed by atoms with van der Waals surface area (Å²) in [6, 6.07) is 10.5. The fourth-order valence-electron chi connectivity index (χ4n) is 5.30. The first-order chi connectivity index (χ1) is 14.9. The largest absolute Gasteiger partial charge is 0.434 e. The Morgan fingerprint density at radius 3 is 2.48 bits per heavy atom. The number of alkyl halides is 2. The number of ether oxygens (including phenoxy) is 1. The van der Waals surface area contributed by atoms with Gasteiger partial charge >= 0.3 is 6.61 Å². The molecular weight excluding hydrogens is 404 g/mol. The first-order valence-corrected chi connectivity index (χ1v) is 11.0. The molecule has 1 aromatic carbocycles. The topological polar surface area (TPSA) is 67.6 Å². The van der Waals surface area contributed by atoms with Gasteiger partial charge in [0.15, 0.2) is 0 Å². The van der Waals surface area contributed by atoms with Crippen molar-refractivity contribution in [1.82, 2.24) is 14.7 Å². The Bertz CT molecular complexity index is 994. The molecule has 3 fully saturated rings. The fourth-order valence-corrected chi connectivity index (χ4v) is 5.30. The van der Waals surface area contributed by atoms with Crippen LogP contribution >= 0.6 is 0 Å². The molecule has 1 N–H and O–H groups in total. The van der Waals surface area contributed by atoms with Gasteiger partial charge in [0.2, 0.25) is 0 Å². The van der Waals surface area contributed by atoms with Gasteiger partial charge in [0.1, 0.15) is 5.75 Å². The predicted octanol–water partition coefficient (Wildman–Crippen LogP) is 3.28. The SMILES string of the molecule is O=c1ccc(C2CC2)nn1CC1(O)C[C@H]2CC[C@@H](C1)N2Cc1ccccc1OC(F)F. The summed E-state index contributed by atoms with van der Waals surface area (Å²) in [7, 11) is 0. The zero-order valence-electron chi connectivity index (χ0n) is 17.3. The van der Waals surface area contributed by atoms with Gasteiger partial charge in [-0.05, 0) is 50.7 Å². The maximum Gasteiger partial charge on any atom is 0.387 e. The van der Waals surface area contributed by atoms with Gasteiger partial charge in [0, 0.05) is 36.2 Å². The van der Waals surface area contributed by atoms with Gasteiger partial charge < -0.3 is 9.84 Å². The third kappa shape index (κ3) is 4.36. The molecule has 2 bridgehead atoms. The summed E-state index contributed by atoms with van der Waals surface area (Å²) in [6.07, 6.45) is 5.15. The van der Waals surface area contributed by atoms with E-state index >= 15 is 0 Å². The van der Waals surface area contributed by atoms with Gasteiger partial charge in [-0.25, -0.2) is 4.68 Å². The summed E-state index contributed by atoms with van der Waals surface area (Å²) < 4.78 is 31.6. The van der Waals surface area contributed by atoms with E-state index in [0.717, 1.165) is 36.9 Å². The molecule has 6 nitrogen and oxygen atoms in total. The Hall–Kier alpha value is -2.32. The van der Waals surface area contributed by atoms with Crippen LogP contribution in [-0.2, 0) is 13.1 Å². The lowest BCUT2D eigenvalue weighted by Gasteiger charge is -2.44. The molecule has 1 aromatic heterocycles. The summed E-state index contributed by atoms with van der Waals surface area (Å²) in [5.41, 5.74) is 0.463. The van der Waals surface area contributed by atoms with Crippen LogP contribution in [0.4, 0.5) is 8.78 Å². The van der Waals surface area contributed by atoms with E-state index in [2.05, 4.69) is 10.00 Å². The van der Waals surface area contributed by atoms with Crippen LogP contribution in [-0.4, -0.2) is 44.1 Å². The maximum atomic E-state index is 12.8. The maximum absolute atomic E-state index is 12.8. The molecule has 1 saturated carbocycles. The van der Waals surface area contributed by atoms with Crippen LogP contribution in [0.3, 0.4) is 0 Å². The van der Waals surface area contributed by atoms with Crippen molar-refractivity contribution < 1.29 is 18.6 Å². The number of hydrogen-bond donors (Lipinski definition) is 1. The van der Waals surface area contributed by atoms with Crippen LogP contribution in [0.5, 0.6) is 5.75 Å². The van der Waals surface area contributed by atoms with Gasteiger partial charge in [0.05, 0.1) is 17.8 Å². The highest BCUT2D eigenvalue weighted by molar-refractivity contribution is 5.33. The Morgan fingerprint density at radius 2 is 1.81 bits per heavy atom. The number of fused-ring (bicyclic) bond motifs is 2. The number of para-hydroxylation sites is 1. The second-order valence-electron chi connectivity index (χ2n) is 9.20. The highest BCUT2D eigenvalue weighted by Gasteiger charge is 2.48. The van der Waals surface area contributed by atoms with Crippen LogP contribution < -0.4 is 10.3 Å². The van der Waals surface area contributed by atoms with E-state index in [4.69, 9.17) is 4.74 Å². The van der Waals surface area contributed by atoms with E-state index in [1.165, 1.54) is 4.68 Å². The van der Waals surface area contributed by atoms with Crippen molar-refractivity contribution in [2.75, 3.05) is 0 Å². The van der Waals surface area contributed by atoms with Crippen LogP contribution in [0.2, 0.25) is 0 Å². The quantitative estimate of drug-likeness (QED) is 0.729. The van der Waals surface area contributed by atoms with Gasteiger partial charge in [-0.2, -0.15) is 13.9 Å². The normalized spacial score (nSPS) is 28.3. The zero-order valence-corrected chi connectivity index (χ0v) is 17.3. The standard InChI is InChI=1S/C23H27F2N3O3/c24-22(25)31-20-4-2-1-3-16(20)13-27-17-7-8-18(27)12-23(30,11-17)14-28-21(29)10-9-19(26-28)15-5-6-15/h1-4,9-10,15,17-18,22,30H,5-8,11-14H2/t17-,18+,23?. The Balaban J connectivity index is 1.31. The van der Waals surface area contributed by atoms with E-state index in [1.807, 2.05) is 12.1 Å².